The molecule has 22 heavy (non-hydrogen) atoms. The molecule has 0 aliphatic carbocycles. The zero-order chi connectivity index (χ0) is 15.7. The molecule has 0 radical (unpaired) electrons. The first-order valence-electron chi connectivity index (χ1n) is 7.03. The molecule has 0 bridgehead atoms. The van der Waals surface area contributed by atoms with Crippen LogP contribution in [0.5, 0.6) is 0 Å². The van der Waals surface area contributed by atoms with Crippen molar-refractivity contribution in [2.75, 3.05) is 35.1 Å². The Morgan fingerprint density at radius 2 is 2.14 bits per heavy atom. The zero-order valence-corrected chi connectivity index (χ0v) is 14.2. The van der Waals surface area contributed by atoms with Crippen molar-refractivity contribution in [3.63, 3.8) is 0 Å². The predicted octanol–water partition coefficient (Wildman–Crippen LogP) is 1.68. The van der Waals surface area contributed by atoms with Gasteiger partial charge in [0.1, 0.15) is 0 Å². The lowest BCUT2D eigenvalue weighted by molar-refractivity contribution is 0.588. The van der Waals surface area contributed by atoms with Crippen LogP contribution in [-0.4, -0.2) is 44.3 Å². The predicted molar refractivity (Wildman–Crippen MR) is 89.2 cm³/mol. The van der Waals surface area contributed by atoms with E-state index in [1.165, 1.54) is 15.6 Å². The first-order valence-corrected chi connectivity index (χ1v) is 9.52. The molecule has 0 fully saturated rings. The molecule has 0 saturated carbocycles. The van der Waals surface area contributed by atoms with Gasteiger partial charge in [0.05, 0.1) is 41.1 Å². The highest BCUT2D eigenvalue weighted by Crippen LogP contribution is 2.33. The number of thiazole rings is 1. The van der Waals surface area contributed by atoms with Crippen LogP contribution in [0.2, 0.25) is 0 Å². The molecule has 1 aliphatic heterocycles. The van der Waals surface area contributed by atoms with Gasteiger partial charge < -0.3 is 4.90 Å². The molecular weight excluding hydrogens is 320 g/mol. The van der Waals surface area contributed by atoms with Gasteiger partial charge in [-0.05, 0) is 19.4 Å². The van der Waals surface area contributed by atoms with Gasteiger partial charge in [0, 0.05) is 24.7 Å². The second-order valence-electron chi connectivity index (χ2n) is 5.29. The van der Waals surface area contributed by atoms with Crippen molar-refractivity contribution in [2.45, 2.75) is 13.3 Å². The van der Waals surface area contributed by atoms with E-state index in [0.29, 0.717) is 25.2 Å². The third-order valence-electron chi connectivity index (χ3n) is 3.86. The molecule has 0 N–H and O–H groups in total. The fourth-order valence-corrected chi connectivity index (χ4v) is 4.96. The van der Waals surface area contributed by atoms with Crippen LogP contribution < -0.4 is 9.21 Å². The van der Waals surface area contributed by atoms with Gasteiger partial charge in [-0.2, -0.15) is 0 Å². The molecule has 0 unspecified atom stereocenters. The Bertz CT molecular complexity index is 773. The summed E-state index contributed by atoms with van der Waals surface area (Å²) in [5.74, 6) is 0.0914. The molecule has 2 aromatic heterocycles. The molecule has 2 aromatic rings. The quantitative estimate of drug-likeness (QED) is 0.848. The molecule has 118 valence electrons. The van der Waals surface area contributed by atoms with Crippen molar-refractivity contribution in [1.29, 1.82) is 0 Å². The molecule has 0 atom stereocenters. The number of fused-ring (bicyclic) bond motifs is 1. The summed E-state index contributed by atoms with van der Waals surface area (Å²) in [6, 6.07) is 1.85. The highest BCUT2D eigenvalue weighted by molar-refractivity contribution is 7.92. The van der Waals surface area contributed by atoms with Gasteiger partial charge in [-0.3, -0.25) is 9.29 Å². The summed E-state index contributed by atoms with van der Waals surface area (Å²) in [5, 5.41) is 0. The molecule has 0 aromatic carbocycles. The second-order valence-corrected chi connectivity index (χ2v) is 8.24. The minimum Gasteiger partial charge on any atom is -0.371 e. The van der Waals surface area contributed by atoms with E-state index < -0.39 is 10.0 Å². The molecule has 8 heteroatoms. The fraction of sp³-hybridized carbons (Fsp3) is 0.429. The number of likely N-dealkylation sites (N-methyl/N-ethyl adjacent to an activating group) is 1. The van der Waals surface area contributed by atoms with E-state index in [9.17, 15) is 8.42 Å². The maximum atomic E-state index is 12.7. The van der Waals surface area contributed by atoms with E-state index in [-0.39, 0.29) is 5.75 Å². The van der Waals surface area contributed by atoms with Gasteiger partial charge in [-0.15, -0.1) is 11.3 Å². The Balaban J connectivity index is 1.84. The third kappa shape index (κ3) is 2.80. The van der Waals surface area contributed by atoms with Crippen LogP contribution in [0.4, 0.5) is 11.4 Å². The van der Waals surface area contributed by atoms with Crippen molar-refractivity contribution in [2.24, 2.45) is 0 Å². The lowest BCUT2D eigenvalue weighted by Gasteiger charge is -2.35. The monoisotopic (exact) mass is 338 g/mol. The minimum atomic E-state index is -3.37. The maximum absolute atomic E-state index is 12.7. The standard InChI is InChI=1S/C14H18N4O2S2/c1-11-14(21-10-16-11)4-8-22(19,20)18-7-6-17(2)12-3-5-15-9-13(12)18/h3,5,9-10H,4,6-8H2,1-2H3. The molecule has 0 amide bonds. The first-order chi connectivity index (χ1) is 10.5. The number of rotatable bonds is 4. The number of hydrogen-bond donors (Lipinski definition) is 0. The van der Waals surface area contributed by atoms with E-state index in [0.717, 1.165) is 16.3 Å². The first kappa shape index (κ1) is 15.2. The summed E-state index contributed by atoms with van der Waals surface area (Å²) < 4.78 is 26.9. The van der Waals surface area contributed by atoms with Crippen LogP contribution in [0.1, 0.15) is 10.6 Å². The van der Waals surface area contributed by atoms with E-state index in [1.54, 1.807) is 17.9 Å². The highest BCUT2D eigenvalue weighted by Gasteiger charge is 2.29. The summed E-state index contributed by atoms with van der Waals surface area (Å²) >= 11 is 1.51. The lowest BCUT2D eigenvalue weighted by atomic mass is 10.2. The summed E-state index contributed by atoms with van der Waals surface area (Å²) in [4.78, 5) is 11.3. The Labute approximate surface area is 134 Å². The van der Waals surface area contributed by atoms with Gasteiger partial charge in [0.2, 0.25) is 10.0 Å². The number of pyridine rings is 1. The molecule has 0 spiro atoms. The number of aromatic nitrogens is 2. The molecule has 3 heterocycles. The number of nitrogens with zero attached hydrogens (tertiary/aromatic N) is 4. The Kier molecular flexibility index (Phi) is 4.05. The summed E-state index contributed by atoms with van der Waals surface area (Å²) in [6.45, 7) is 3.04. The Morgan fingerprint density at radius 3 is 2.86 bits per heavy atom. The zero-order valence-electron chi connectivity index (χ0n) is 12.6. The largest absolute Gasteiger partial charge is 0.371 e. The van der Waals surface area contributed by atoms with E-state index in [2.05, 4.69) is 14.9 Å². The number of sulfonamides is 1. The SMILES string of the molecule is Cc1ncsc1CCS(=O)(=O)N1CCN(C)c2ccncc21. The van der Waals surface area contributed by atoms with Crippen molar-refractivity contribution in [1.82, 2.24) is 9.97 Å². The summed E-state index contributed by atoms with van der Waals surface area (Å²) in [5.41, 5.74) is 4.24. The van der Waals surface area contributed by atoms with Crippen molar-refractivity contribution in [3.05, 3.63) is 34.5 Å². The fourth-order valence-electron chi connectivity index (χ4n) is 2.56. The number of aryl methyl sites for hydroxylation is 2. The Hall–Kier alpha value is -1.67. The van der Waals surface area contributed by atoms with Crippen LogP contribution in [0.25, 0.3) is 0 Å². The van der Waals surface area contributed by atoms with Crippen molar-refractivity contribution < 1.29 is 8.42 Å². The average molecular weight is 338 g/mol. The number of anilines is 2. The van der Waals surface area contributed by atoms with E-state index in [1.807, 2.05) is 20.0 Å². The normalized spacial score (nSPS) is 15.0. The molecule has 3 rings (SSSR count). The van der Waals surface area contributed by atoms with Gasteiger partial charge in [0.25, 0.3) is 0 Å². The van der Waals surface area contributed by atoms with Crippen LogP contribution in [0.3, 0.4) is 0 Å². The van der Waals surface area contributed by atoms with Crippen molar-refractivity contribution in [3.8, 4) is 0 Å². The van der Waals surface area contributed by atoms with E-state index in [4.69, 9.17) is 0 Å². The number of hydrogen-bond acceptors (Lipinski definition) is 6. The Morgan fingerprint density at radius 1 is 1.32 bits per heavy atom. The van der Waals surface area contributed by atoms with Gasteiger partial charge in [-0.1, -0.05) is 0 Å². The van der Waals surface area contributed by atoms with Crippen molar-refractivity contribution >= 4 is 32.7 Å². The molecular formula is C14H18N4O2S2. The van der Waals surface area contributed by atoms with Gasteiger partial charge in [0.15, 0.2) is 0 Å². The van der Waals surface area contributed by atoms with E-state index >= 15 is 0 Å². The third-order valence-corrected chi connectivity index (χ3v) is 6.63. The van der Waals surface area contributed by atoms with Crippen LogP contribution in [0, 0.1) is 6.92 Å². The average Bonchev–Trinajstić information content (AvgIpc) is 2.91. The smallest absolute Gasteiger partial charge is 0.235 e. The van der Waals surface area contributed by atoms with Gasteiger partial charge >= 0.3 is 0 Å². The topological polar surface area (TPSA) is 66.4 Å². The van der Waals surface area contributed by atoms with Crippen LogP contribution in [-0.2, 0) is 16.4 Å². The van der Waals surface area contributed by atoms with Crippen LogP contribution >= 0.6 is 11.3 Å². The van der Waals surface area contributed by atoms with Crippen LogP contribution in [0.15, 0.2) is 24.0 Å². The molecule has 6 nitrogen and oxygen atoms in total. The second kappa shape index (κ2) is 5.85. The summed E-state index contributed by atoms with van der Waals surface area (Å²) in [7, 11) is -1.41. The molecule has 1 aliphatic rings. The van der Waals surface area contributed by atoms with Gasteiger partial charge in [-0.25, -0.2) is 13.4 Å². The summed E-state index contributed by atoms with van der Waals surface area (Å²) in [6.07, 6.45) is 3.81. The minimum absolute atomic E-state index is 0.0914. The maximum Gasteiger partial charge on any atom is 0.235 e. The molecule has 0 saturated heterocycles. The lowest BCUT2D eigenvalue weighted by Crippen LogP contribution is -2.43. The highest BCUT2D eigenvalue weighted by atomic mass is 32.2.